The first kappa shape index (κ1) is 16.4. The topological polar surface area (TPSA) is 38.0 Å². The molecule has 1 aromatic heterocycles. The van der Waals surface area contributed by atoms with E-state index >= 15 is 0 Å². The summed E-state index contributed by atoms with van der Waals surface area (Å²) in [6.45, 7) is 7.36. The third-order valence-corrected chi connectivity index (χ3v) is 4.58. The molecule has 1 heterocycles. The van der Waals surface area contributed by atoms with Crippen LogP contribution in [0.1, 0.15) is 38.2 Å². The summed E-state index contributed by atoms with van der Waals surface area (Å²) in [5.41, 5.74) is 1.09. The third-order valence-electron chi connectivity index (χ3n) is 3.23. The van der Waals surface area contributed by atoms with Crippen LogP contribution in [-0.2, 0) is 13.0 Å². The van der Waals surface area contributed by atoms with Crippen LogP contribution in [0.5, 0.6) is 0 Å². The number of hydrogen-bond donors (Lipinski definition) is 1. The molecule has 21 heavy (non-hydrogen) atoms. The van der Waals surface area contributed by atoms with Gasteiger partial charge in [0.05, 0.1) is 12.3 Å². The Morgan fingerprint density at radius 1 is 1.38 bits per heavy atom. The highest BCUT2D eigenvalue weighted by Gasteiger charge is 2.19. The molecule has 0 amide bonds. The lowest BCUT2D eigenvalue weighted by Gasteiger charge is -2.11. The Hall–Kier alpha value is -0.970. The standard InChI is InChI=1S/C16H21ClN2OS/c1-4-19-14(8-9-20)18-15(11(2)3)16(19)21-13-7-5-6-12(17)10-13/h5-7,10-11,20H,4,8-9H2,1-3H3. The molecule has 2 rings (SSSR count). The first-order chi connectivity index (χ1) is 10.1. The quantitative estimate of drug-likeness (QED) is 0.857. The molecule has 0 aliphatic heterocycles. The minimum Gasteiger partial charge on any atom is -0.396 e. The average Bonchev–Trinajstić information content (AvgIpc) is 2.77. The van der Waals surface area contributed by atoms with Crippen LogP contribution < -0.4 is 0 Å². The molecular weight excluding hydrogens is 304 g/mol. The van der Waals surface area contributed by atoms with Gasteiger partial charge >= 0.3 is 0 Å². The van der Waals surface area contributed by atoms with Gasteiger partial charge in [-0.25, -0.2) is 4.98 Å². The number of nitrogens with zero attached hydrogens (tertiary/aromatic N) is 2. The van der Waals surface area contributed by atoms with E-state index in [9.17, 15) is 5.11 Å². The van der Waals surface area contributed by atoms with E-state index in [1.807, 2.05) is 18.2 Å². The summed E-state index contributed by atoms with van der Waals surface area (Å²) >= 11 is 7.76. The van der Waals surface area contributed by atoms with Crippen molar-refractivity contribution in [3.63, 3.8) is 0 Å². The number of aliphatic hydroxyl groups excluding tert-OH is 1. The lowest BCUT2D eigenvalue weighted by atomic mass is 10.1. The number of hydrogen-bond acceptors (Lipinski definition) is 3. The van der Waals surface area contributed by atoms with E-state index in [-0.39, 0.29) is 6.61 Å². The lowest BCUT2D eigenvalue weighted by Crippen LogP contribution is -2.05. The van der Waals surface area contributed by atoms with E-state index in [0.717, 1.165) is 33.0 Å². The SMILES string of the molecule is CCn1c(CCO)nc(C(C)C)c1Sc1cccc(Cl)c1. The molecule has 0 saturated carbocycles. The summed E-state index contributed by atoms with van der Waals surface area (Å²) in [6.07, 6.45) is 0.587. The molecule has 0 spiro atoms. The number of imidazole rings is 1. The molecular formula is C16H21ClN2OS. The van der Waals surface area contributed by atoms with Gasteiger partial charge in [-0.2, -0.15) is 0 Å². The zero-order valence-corrected chi connectivity index (χ0v) is 14.2. The molecule has 0 unspecified atom stereocenters. The van der Waals surface area contributed by atoms with Crippen LogP contribution in [-0.4, -0.2) is 21.3 Å². The predicted octanol–water partition coefficient (Wildman–Crippen LogP) is 4.37. The van der Waals surface area contributed by atoms with Gasteiger partial charge in [0.1, 0.15) is 10.9 Å². The van der Waals surface area contributed by atoms with Gasteiger partial charge in [0.25, 0.3) is 0 Å². The van der Waals surface area contributed by atoms with E-state index in [0.29, 0.717) is 12.3 Å². The Balaban J connectivity index is 2.44. The van der Waals surface area contributed by atoms with E-state index < -0.39 is 0 Å². The fourth-order valence-electron chi connectivity index (χ4n) is 2.25. The van der Waals surface area contributed by atoms with E-state index in [1.54, 1.807) is 11.8 Å². The minimum absolute atomic E-state index is 0.121. The van der Waals surface area contributed by atoms with E-state index in [2.05, 4.69) is 31.4 Å². The minimum atomic E-state index is 0.121. The fraction of sp³-hybridized carbons (Fsp3) is 0.438. The Kier molecular flexibility index (Phi) is 5.73. The molecule has 114 valence electrons. The van der Waals surface area contributed by atoms with Crippen molar-refractivity contribution in [2.24, 2.45) is 0 Å². The number of rotatable bonds is 6. The second-order valence-corrected chi connectivity index (χ2v) is 6.65. The van der Waals surface area contributed by atoms with Crippen molar-refractivity contribution < 1.29 is 5.11 Å². The van der Waals surface area contributed by atoms with Gasteiger partial charge in [0.15, 0.2) is 0 Å². The zero-order chi connectivity index (χ0) is 15.4. The van der Waals surface area contributed by atoms with Crippen molar-refractivity contribution in [3.8, 4) is 0 Å². The van der Waals surface area contributed by atoms with Crippen LogP contribution in [0.4, 0.5) is 0 Å². The highest BCUT2D eigenvalue weighted by atomic mass is 35.5. The highest BCUT2D eigenvalue weighted by Crippen LogP contribution is 2.35. The highest BCUT2D eigenvalue weighted by molar-refractivity contribution is 7.99. The monoisotopic (exact) mass is 324 g/mol. The summed E-state index contributed by atoms with van der Waals surface area (Å²) in [4.78, 5) is 5.84. The first-order valence-electron chi connectivity index (χ1n) is 7.20. The van der Waals surface area contributed by atoms with Crippen LogP contribution in [0.25, 0.3) is 0 Å². The summed E-state index contributed by atoms with van der Waals surface area (Å²) in [5.74, 6) is 1.30. The average molecular weight is 325 g/mol. The van der Waals surface area contributed by atoms with Gasteiger partial charge in [-0.1, -0.05) is 43.3 Å². The molecule has 2 aromatic rings. The Bertz CT molecular complexity index is 610. The van der Waals surface area contributed by atoms with Gasteiger partial charge in [-0.15, -0.1) is 0 Å². The second-order valence-electron chi connectivity index (χ2n) is 5.15. The third kappa shape index (κ3) is 3.82. The fourth-order valence-corrected chi connectivity index (χ4v) is 3.79. The molecule has 0 aliphatic rings. The van der Waals surface area contributed by atoms with Crippen molar-refractivity contribution in [2.75, 3.05) is 6.61 Å². The maximum absolute atomic E-state index is 9.23. The summed E-state index contributed by atoms with van der Waals surface area (Å²) in [6, 6.07) is 7.86. The van der Waals surface area contributed by atoms with Gasteiger partial charge in [-0.3, -0.25) is 0 Å². The van der Waals surface area contributed by atoms with Crippen LogP contribution in [0, 0.1) is 0 Å². The summed E-state index contributed by atoms with van der Waals surface area (Å²) in [7, 11) is 0. The normalized spacial score (nSPS) is 11.3. The van der Waals surface area contributed by atoms with Crippen molar-refractivity contribution in [1.82, 2.24) is 9.55 Å². The van der Waals surface area contributed by atoms with Gasteiger partial charge in [0.2, 0.25) is 0 Å². The van der Waals surface area contributed by atoms with Gasteiger partial charge < -0.3 is 9.67 Å². The number of aromatic nitrogens is 2. The van der Waals surface area contributed by atoms with Crippen LogP contribution in [0.15, 0.2) is 34.2 Å². The Morgan fingerprint density at radius 3 is 2.71 bits per heavy atom. The lowest BCUT2D eigenvalue weighted by molar-refractivity contribution is 0.294. The maximum Gasteiger partial charge on any atom is 0.112 e. The molecule has 1 aromatic carbocycles. The van der Waals surface area contributed by atoms with Crippen LogP contribution >= 0.6 is 23.4 Å². The van der Waals surface area contributed by atoms with Crippen molar-refractivity contribution >= 4 is 23.4 Å². The molecule has 0 fully saturated rings. The Labute approximate surface area is 135 Å². The van der Waals surface area contributed by atoms with Gasteiger partial charge in [0, 0.05) is 22.9 Å². The van der Waals surface area contributed by atoms with E-state index in [4.69, 9.17) is 16.6 Å². The maximum atomic E-state index is 9.23. The van der Waals surface area contributed by atoms with Crippen molar-refractivity contribution in [1.29, 1.82) is 0 Å². The number of benzene rings is 1. The molecule has 0 atom stereocenters. The molecule has 0 radical (unpaired) electrons. The molecule has 3 nitrogen and oxygen atoms in total. The summed E-state index contributed by atoms with van der Waals surface area (Å²) < 4.78 is 2.19. The second kappa shape index (κ2) is 7.34. The zero-order valence-electron chi connectivity index (χ0n) is 12.6. The molecule has 5 heteroatoms. The van der Waals surface area contributed by atoms with Gasteiger partial charge in [-0.05, 0) is 31.0 Å². The molecule has 0 saturated heterocycles. The van der Waals surface area contributed by atoms with Crippen molar-refractivity contribution in [3.05, 3.63) is 40.8 Å². The largest absolute Gasteiger partial charge is 0.396 e. The first-order valence-corrected chi connectivity index (χ1v) is 8.39. The summed E-state index contributed by atoms with van der Waals surface area (Å²) in [5, 5.41) is 11.1. The molecule has 0 bridgehead atoms. The number of halogens is 1. The number of aliphatic hydroxyl groups is 1. The predicted molar refractivity (Wildman–Crippen MR) is 88.4 cm³/mol. The van der Waals surface area contributed by atoms with Crippen molar-refractivity contribution in [2.45, 2.75) is 49.6 Å². The molecule has 1 N–H and O–H groups in total. The van der Waals surface area contributed by atoms with Crippen LogP contribution in [0.3, 0.4) is 0 Å². The smallest absolute Gasteiger partial charge is 0.112 e. The molecule has 0 aliphatic carbocycles. The van der Waals surface area contributed by atoms with Crippen LogP contribution in [0.2, 0.25) is 5.02 Å². The van der Waals surface area contributed by atoms with E-state index in [1.165, 1.54) is 0 Å². The Morgan fingerprint density at radius 2 is 2.14 bits per heavy atom.